The highest BCUT2D eigenvalue weighted by molar-refractivity contribution is 6.18. The lowest BCUT2D eigenvalue weighted by Crippen LogP contribution is -2.03. The van der Waals surface area contributed by atoms with Gasteiger partial charge in [0.15, 0.2) is 0 Å². The zero-order chi connectivity index (χ0) is 9.97. The Hall–Kier alpha value is -1.53. The van der Waals surface area contributed by atoms with Gasteiger partial charge in [0, 0.05) is 24.0 Å². The molecule has 0 radical (unpaired) electrons. The summed E-state index contributed by atoms with van der Waals surface area (Å²) < 4.78 is 1.89. The van der Waals surface area contributed by atoms with Crippen molar-refractivity contribution < 1.29 is 0 Å². The molecular formula is C10H8ClN3. The molecule has 0 bridgehead atoms. The molecular weight excluding hydrogens is 198 g/mol. The average molecular weight is 206 g/mol. The van der Waals surface area contributed by atoms with Gasteiger partial charge in [-0.2, -0.15) is 5.26 Å². The predicted molar refractivity (Wildman–Crippen MR) is 54.3 cm³/mol. The van der Waals surface area contributed by atoms with Gasteiger partial charge in [-0.1, -0.05) is 6.07 Å². The molecule has 0 aliphatic heterocycles. The second kappa shape index (κ2) is 3.69. The molecule has 1 atom stereocenters. The maximum Gasteiger partial charge on any atom is 0.136 e. The second-order valence-electron chi connectivity index (χ2n) is 2.94. The standard InChI is InChI=1S/C10H8ClN3/c11-6-8(7-12)9-2-1-3-10-13-4-5-14(9)10/h1-5,8H,6H2. The van der Waals surface area contributed by atoms with Crippen LogP contribution < -0.4 is 0 Å². The molecule has 2 heterocycles. The zero-order valence-corrected chi connectivity index (χ0v) is 8.15. The SMILES string of the molecule is N#CC(CCl)c1cccc2nccn12. The highest BCUT2D eigenvalue weighted by atomic mass is 35.5. The Kier molecular flexibility index (Phi) is 2.38. The Morgan fingerprint density at radius 1 is 1.57 bits per heavy atom. The monoisotopic (exact) mass is 205 g/mol. The molecule has 1 unspecified atom stereocenters. The van der Waals surface area contributed by atoms with E-state index in [0.717, 1.165) is 11.3 Å². The lowest BCUT2D eigenvalue weighted by Gasteiger charge is -2.07. The number of fused-ring (bicyclic) bond motifs is 1. The van der Waals surface area contributed by atoms with Crippen LogP contribution in [-0.4, -0.2) is 15.3 Å². The molecule has 0 N–H and O–H groups in total. The minimum atomic E-state index is -0.283. The van der Waals surface area contributed by atoms with Gasteiger partial charge in [0.2, 0.25) is 0 Å². The average Bonchev–Trinajstić information content (AvgIpc) is 2.68. The van der Waals surface area contributed by atoms with Crippen molar-refractivity contribution in [2.75, 3.05) is 5.88 Å². The van der Waals surface area contributed by atoms with E-state index in [0.29, 0.717) is 5.88 Å². The molecule has 2 aromatic rings. The number of alkyl halides is 1. The molecule has 0 saturated carbocycles. The first-order valence-corrected chi connectivity index (χ1v) is 4.78. The van der Waals surface area contributed by atoms with Gasteiger partial charge in [-0.3, -0.25) is 0 Å². The summed E-state index contributed by atoms with van der Waals surface area (Å²) in [6.07, 6.45) is 3.54. The Balaban J connectivity index is 2.62. The Morgan fingerprint density at radius 2 is 2.43 bits per heavy atom. The smallest absolute Gasteiger partial charge is 0.136 e. The van der Waals surface area contributed by atoms with Crippen LogP contribution in [0.15, 0.2) is 30.6 Å². The van der Waals surface area contributed by atoms with E-state index in [4.69, 9.17) is 16.9 Å². The maximum absolute atomic E-state index is 8.91. The molecule has 2 aromatic heterocycles. The van der Waals surface area contributed by atoms with Crippen LogP contribution in [0.25, 0.3) is 5.65 Å². The summed E-state index contributed by atoms with van der Waals surface area (Å²) >= 11 is 5.71. The van der Waals surface area contributed by atoms with Gasteiger partial charge >= 0.3 is 0 Å². The normalized spacial score (nSPS) is 12.6. The number of imidazole rings is 1. The number of hydrogen-bond donors (Lipinski definition) is 0. The van der Waals surface area contributed by atoms with Crippen LogP contribution in [0.4, 0.5) is 0 Å². The van der Waals surface area contributed by atoms with E-state index < -0.39 is 0 Å². The lowest BCUT2D eigenvalue weighted by molar-refractivity contribution is 0.893. The number of hydrogen-bond acceptors (Lipinski definition) is 2. The van der Waals surface area contributed by atoms with E-state index >= 15 is 0 Å². The van der Waals surface area contributed by atoms with Crippen LogP contribution >= 0.6 is 11.6 Å². The van der Waals surface area contributed by atoms with E-state index in [9.17, 15) is 0 Å². The van der Waals surface area contributed by atoms with E-state index in [1.807, 2.05) is 28.8 Å². The largest absolute Gasteiger partial charge is 0.303 e. The fraction of sp³-hybridized carbons (Fsp3) is 0.200. The van der Waals surface area contributed by atoms with Crippen LogP contribution in [0.2, 0.25) is 0 Å². The summed E-state index contributed by atoms with van der Waals surface area (Å²) in [5.74, 6) is 0.0166. The van der Waals surface area contributed by atoms with Crippen LogP contribution in [0.5, 0.6) is 0 Å². The lowest BCUT2D eigenvalue weighted by atomic mass is 10.1. The van der Waals surface area contributed by atoms with E-state index in [1.165, 1.54) is 0 Å². The molecule has 0 fully saturated rings. The molecule has 0 aromatic carbocycles. The predicted octanol–water partition coefficient (Wildman–Crippen LogP) is 2.18. The third-order valence-electron chi connectivity index (χ3n) is 2.13. The summed E-state index contributed by atoms with van der Waals surface area (Å²) in [4.78, 5) is 4.14. The first-order chi connectivity index (χ1) is 6.86. The van der Waals surface area contributed by atoms with Gasteiger partial charge in [-0.15, -0.1) is 11.6 Å². The number of aromatic nitrogens is 2. The van der Waals surface area contributed by atoms with Crippen LogP contribution in [-0.2, 0) is 0 Å². The molecule has 0 spiro atoms. The number of nitriles is 1. The summed E-state index contributed by atoms with van der Waals surface area (Å²) in [7, 11) is 0. The van der Waals surface area contributed by atoms with E-state index in [-0.39, 0.29) is 5.92 Å². The Morgan fingerprint density at radius 3 is 3.14 bits per heavy atom. The molecule has 2 rings (SSSR count). The molecule has 0 aliphatic carbocycles. The first kappa shape index (κ1) is 9.04. The van der Waals surface area contributed by atoms with E-state index in [2.05, 4.69) is 11.1 Å². The molecule has 3 nitrogen and oxygen atoms in total. The third kappa shape index (κ3) is 1.34. The van der Waals surface area contributed by atoms with Gasteiger partial charge in [-0.25, -0.2) is 4.98 Å². The molecule has 70 valence electrons. The highest BCUT2D eigenvalue weighted by Gasteiger charge is 2.12. The molecule has 0 saturated heterocycles. The number of nitrogens with zero attached hydrogens (tertiary/aromatic N) is 3. The third-order valence-corrected chi connectivity index (χ3v) is 2.44. The van der Waals surface area contributed by atoms with Gasteiger partial charge in [0.25, 0.3) is 0 Å². The van der Waals surface area contributed by atoms with Crippen LogP contribution in [0, 0.1) is 11.3 Å². The summed E-state index contributed by atoms with van der Waals surface area (Å²) in [6.45, 7) is 0. The van der Waals surface area contributed by atoms with Crippen molar-refractivity contribution in [3.63, 3.8) is 0 Å². The van der Waals surface area contributed by atoms with Crippen molar-refractivity contribution in [2.45, 2.75) is 5.92 Å². The van der Waals surface area contributed by atoms with E-state index in [1.54, 1.807) is 6.20 Å². The van der Waals surface area contributed by atoms with Gasteiger partial charge in [-0.05, 0) is 12.1 Å². The van der Waals surface area contributed by atoms with Crippen molar-refractivity contribution in [3.8, 4) is 6.07 Å². The van der Waals surface area contributed by atoms with Crippen molar-refractivity contribution in [2.24, 2.45) is 0 Å². The minimum absolute atomic E-state index is 0.283. The quantitative estimate of drug-likeness (QED) is 0.706. The van der Waals surface area contributed by atoms with Crippen molar-refractivity contribution in [1.82, 2.24) is 9.38 Å². The second-order valence-corrected chi connectivity index (χ2v) is 3.25. The van der Waals surface area contributed by atoms with Crippen LogP contribution in [0.3, 0.4) is 0 Å². The van der Waals surface area contributed by atoms with Crippen molar-refractivity contribution in [3.05, 3.63) is 36.3 Å². The zero-order valence-electron chi connectivity index (χ0n) is 7.39. The van der Waals surface area contributed by atoms with Crippen molar-refractivity contribution >= 4 is 17.2 Å². The minimum Gasteiger partial charge on any atom is -0.303 e. The highest BCUT2D eigenvalue weighted by Crippen LogP contribution is 2.17. The van der Waals surface area contributed by atoms with Gasteiger partial charge < -0.3 is 4.40 Å². The molecule has 14 heavy (non-hydrogen) atoms. The summed E-state index contributed by atoms with van der Waals surface area (Å²) in [5, 5.41) is 8.91. The van der Waals surface area contributed by atoms with Gasteiger partial charge in [0.05, 0.1) is 6.07 Å². The Bertz CT molecular complexity index is 483. The fourth-order valence-electron chi connectivity index (χ4n) is 1.43. The molecule has 0 amide bonds. The summed E-state index contributed by atoms with van der Waals surface area (Å²) in [5.41, 5.74) is 1.73. The first-order valence-electron chi connectivity index (χ1n) is 4.24. The summed E-state index contributed by atoms with van der Waals surface area (Å²) in [6, 6.07) is 7.84. The number of halogens is 1. The molecule has 4 heteroatoms. The number of rotatable bonds is 2. The Labute approximate surface area is 86.6 Å². The van der Waals surface area contributed by atoms with Crippen LogP contribution in [0.1, 0.15) is 11.6 Å². The molecule has 0 aliphatic rings. The van der Waals surface area contributed by atoms with Crippen molar-refractivity contribution in [1.29, 1.82) is 5.26 Å². The van der Waals surface area contributed by atoms with Gasteiger partial charge in [0.1, 0.15) is 11.6 Å². The number of pyridine rings is 1. The topological polar surface area (TPSA) is 41.1 Å². The maximum atomic E-state index is 8.91. The fourth-order valence-corrected chi connectivity index (χ4v) is 1.66.